The van der Waals surface area contributed by atoms with Gasteiger partial charge in [0.15, 0.2) is 0 Å². The number of amides is 4. The lowest BCUT2D eigenvalue weighted by atomic mass is 9.88. The van der Waals surface area contributed by atoms with E-state index in [0.29, 0.717) is 61.7 Å². The summed E-state index contributed by atoms with van der Waals surface area (Å²) < 4.78 is 5.23. The third kappa shape index (κ3) is 12.6. The first kappa shape index (κ1) is 35.1. The Kier molecular flexibility index (Phi) is 15.5. The summed E-state index contributed by atoms with van der Waals surface area (Å²) in [5, 5.41) is 27.1. The van der Waals surface area contributed by atoms with E-state index >= 15 is 0 Å². The van der Waals surface area contributed by atoms with Crippen molar-refractivity contribution in [3.05, 3.63) is 77.3 Å². The van der Waals surface area contributed by atoms with Gasteiger partial charge in [0.1, 0.15) is 18.2 Å². The minimum Gasteiger partial charge on any atom is -0.445 e. The Morgan fingerprint density at radius 2 is 1.67 bits per heavy atom. The van der Waals surface area contributed by atoms with Gasteiger partial charge in [-0.2, -0.15) is 0 Å². The zero-order valence-corrected chi connectivity index (χ0v) is 26.3. The fourth-order valence-electron chi connectivity index (χ4n) is 4.97. The van der Waals surface area contributed by atoms with Gasteiger partial charge >= 0.3 is 6.09 Å². The average Bonchev–Trinajstić information content (AvgIpc) is 3.57. The van der Waals surface area contributed by atoms with Gasteiger partial charge in [0.05, 0.1) is 12.0 Å². The van der Waals surface area contributed by atoms with Gasteiger partial charge in [-0.1, -0.05) is 85.3 Å². The summed E-state index contributed by atoms with van der Waals surface area (Å²) >= 11 is 1.15. The van der Waals surface area contributed by atoms with Crippen LogP contribution in [0.3, 0.4) is 0 Å². The normalized spacial score (nSPS) is 12.8. The smallest absolute Gasteiger partial charge is 0.407 e. The molecule has 0 fully saturated rings. The van der Waals surface area contributed by atoms with E-state index in [1.165, 1.54) is 5.51 Å². The molecule has 4 amide bonds. The molecule has 0 spiro atoms. The van der Waals surface area contributed by atoms with Crippen LogP contribution in [0.2, 0.25) is 0 Å². The quantitative estimate of drug-likeness (QED) is 0.0598. The van der Waals surface area contributed by atoms with Crippen LogP contribution < -0.4 is 16.0 Å². The highest BCUT2D eigenvalue weighted by Gasteiger charge is 2.34. The van der Waals surface area contributed by atoms with Gasteiger partial charge in [-0.15, -0.1) is 10.2 Å². The van der Waals surface area contributed by atoms with Crippen LogP contribution in [0.15, 0.2) is 66.2 Å². The molecule has 3 atom stereocenters. The number of anilines is 1. The minimum absolute atomic E-state index is 0.160. The maximum absolute atomic E-state index is 13.8. The molecule has 0 aliphatic rings. The van der Waals surface area contributed by atoms with Crippen LogP contribution in [0.25, 0.3) is 0 Å². The zero-order valence-electron chi connectivity index (χ0n) is 25.5. The number of nitrogens with one attached hydrogen (secondary N) is 3. The van der Waals surface area contributed by atoms with Gasteiger partial charge < -0.3 is 15.4 Å². The van der Waals surface area contributed by atoms with Crippen molar-refractivity contribution in [3.8, 4) is 0 Å². The number of hydroxylamine groups is 2. The number of rotatable bonds is 20. The highest BCUT2D eigenvalue weighted by molar-refractivity contribution is 7.13. The molecule has 13 heteroatoms. The molecule has 1 aromatic heterocycles. The lowest BCUT2D eigenvalue weighted by Crippen LogP contribution is -2.51. The van der Waals surface area contributed by atoms with Gasteiger partial charge in [0.2, 0.25) is 23.4 Å². The van der Waals surface area contributed by atoms with E-state index in [4.69, 9.17) is 4.74 Å². The third-order valence-electron chi connectivity index (χ3n) is 7.28. The summed E-state index contributed by atoms with van der Waals surface area (Å²) in [4.78, 5) is 50.6. The van der Waals surface area contributed by atoms with E-state index in [2.05, 4.69) is 26.1 Å². The Bertz CT molecular complexity index is 1300. The topological polar surface area (TPSA) is 163 Å². The van der Waals surface area contributed by atoms with E-state index in [1.807, 2.05) is 67.6 Å². The summed E-state index contributed by atoms with van der Waals surface area (Å²) in [6.07, 6.45) is 3.90. The Morgan fingerprint density at radius 3 is 2.31 bits per heavy atom. The molecule has 0 radical (unpaired) electrons. The van der Waals surface area contributed by atoms with Crippen molar-refractivity contribution >= 4 is 40.8 Å². The Balaban J connectivity index is 1.61. The van der Waals surface area contributed by atoms with Crippen LogP contribution in [0.5, 0.6) is 0 Å². The van der Waals surface area contributed by atoms with Gasteiger partial charge in [0.25, 0.3) is 0 Å². The molecule has 0 bridgehead atoms. The van der Waals surface area contributed by atoms with Crippen LogP contribution in [0.1, 0.15) is 63.0 Å². The van der Waals surface area contributed by atoms with Crippen molar-refractivity contribution in [3.63, 3.8) is 0 Å². The molecular weight excluding hydrogens is 596 g/mol. The molecule has 0 aliphatic heterocycles. The lowest BCUT2D eigenvalue weighted by molar-refractivity contribution is -0.169. The van der Waals surface area contributed by atoms with Gasteiger partial charge in [-0.3, -0.25) is 24.9 Å². The second-order valence-electron chi connectivity index (χ2n) is 10.6. The monoisotopic (exact) mass is 638 g/mol. The molecule has 0 aliphatic carbocycles. The number of carbonyl (C=O) groups excluding carboxylic acids is 4. The standard InChI is InChI=1S/C32H42N6O6S/c1-2-12-28(38(43)23-39)26(18-11-17-24-13-5-3-6-14-24)29(40)35-27(30(41)36-31-37-34-22-45-31)19-9-10-20-33-32(42)44-21-25-15-7-4-8-16-25/h3-8,13-16,22-23,26-28,43H,2,9-12,17-21H2,1H3,(H,33,42)(H,35,40)(H,36,37,41)/t26-,27+,28+/m1/s1. The van der Waals surface area contributed by atoms with E-state index in [0.717, 1.165) is 28.9 Å². The summed E-state index contributed by atoms with van der Waals surface area (Å²) in [6.45, 7) is 2.40. The number of aryl methyl sites for hydroxylation is 1. The first-order valence-electron chi connectivity index (χ1n) is 15.2. The third-order valence-corrected chi connectivity index (χ3v) is 7.89. The molecular formula is C32H42N6O6S. The van der Waals surface area contributed by atoms with Crippen molar-refractivity contribution in [2.45, 2.75) is 77.0 Å². The predicted octanol–water partition coefficient (Wildman–Crippen LogP) is 4.71. The molecule has 45 heavy (non-hydrogen) atoms. The molecule has 3 rings (SSSR count). The second kappa shape index (κ2) is 19.8. The number of unbranched alkanes of at least 4 members (excludes halogenated alkanes) is 1. The van der Waals surface area contributed by atoms with Crippen LogP contribution in [0.4, 0.5) is 9.93 Å². The molecule has 1 heterocycles. The molecule has 2 aromatic carbocycles. The van der Waals surface area contributed by atoms with Gasteiger partial charge in [-0.25, -0.2) is 9.86 Å². The van der Waals surface area contributed by atoms with E-state index < -0.39 is 35.9 Å². The first-order chi connectivity index (χ1) is 21.9. The van der Waals surface area contributed by atoms with E-state index in [-0.39, 0.29) is 13.0 Å². The van der Waals surface area contributed by atoms with Crippen LogP contribution in [-0.2, 0) is 32.1 Å². The molecule has 242 valence electrons. The minimum atomic E-state index is -0.922. The number of hydrogen-bond donors (Lipinski definition) is 4. The van der Waals surface area contributed by atoms with Crippen molar-refractivity contribution < 1.29 is 29.1 Å². The number of benzene rings is 2. The number of ether oxygens (including phenoxy) is 1. The molecule has 12 nitrogen and oxygen atoms in total. The Hall–Kier alpha value is -4.36. The lowest BCUT2D eigenvalue weighted by Gasteiger charge is -2.31. The predicted molar refractivity (Wildman–Crippen MR) is 170 cm³/mol. The number of nitrogens with zero attached hydrogens (tertiary/aromatic N) is 3. The second-order valence-corrected chi connectivity index (χ2v) is 11.4. The van der Waals surface area contributed by atoms with Crippen LogP contribution in [-0.4, -0.2) is 63.4 Å². The van der Waals surface area contributed by atoms with Crippen molar-refractivity contribution in [1.29, 1.82) is 0 Å². The zero-order chi connectivity index (χ0) is 32.3. The fraction of sp³-hybridized carbons (Fsp3) is 0.438. The maximum atomic E-state index is 13.8. The van der Waals surface area contributed by atoms with Crippen molar-refractivity contribution in [2.75, 3.05) is 11.9 Å². The molecule has 0 saturated carbocycles. The molecule has 4 N–H and O–H groups in total. The molecule has 3 aromatic rings. The summed E-state index contributed by atoms with van der Waals surface area (Å²) in [6, 6.07) is 17.5. The van der Waals surface area contributed by atoms with Crippen molar-refractivity contribution in [2.24, 2.45) is 5.92 Å². The van der Waals surface area contributed by atoms with E-state index in [1.54, 1.807) is 0 Å². The number of hydrogen-bond acceptors (Lipinski definition) is 9. The van der Waals surface area contributed by atoms with Gasteiger partial charge in [0, 0.05) is 6.54 Å². The summed E-state index contributed by atoms with van der Waals surface area (Å²) in [5.74, 6) is -1.63. The van der Waals surface area contributed by atoms with E-state index in [9.17, 15) is 24.4 Å². The van der Waals surface area contributed by atoms with Crippen LogP contribution >= 0.6 is 11.3 Å². The largest absolute Gasteiger partial charge is 0.445 e. The molecule has 0 saturated heterocycles. The number of carbonyl (C=O) groups is 4. The maximum Gasteiger partial charge on any atom is 0.407 e. The summed E-state index contributed by atoms with van der Waals surface area (Å²) in [5.41, 5.74) is 3.48. The Morgan fingerprint density at radius 1 is 0.956 bits per heavy atom. The molecule has 0 unspecified atom stereocenters. The Labute approximate surface area is 267 Å². The SMILES string of the molecule is CCC[C@@H]([C@@H](CCCc1ccccc1)C(=O)N[C@@H](CCCCNC(=O)OCc1ccccc1)C(=O)Nc1nncs1)N(O)C=O. The highest BCUT2D eigenvalue weighted by Crippen LogP contribution is 2.23. The first-order valence-corrected chi connectivity index (χ1v) is 16.1. The van der Waals surface area contributed by atoms with Crippen molar-refractivity contribution in [1.82, 2.24) is 25.9 Å². The highest BCUT2D eigenvalue weighted by atomic mass is 32.1. The summed E-state index contributed by atoms with van der Waals surface area (Å²) in [7, 11) is 0. The van der Waals surface area contributed by atoms with Crippen LogP contribution in [0, 0.1) is 5.92 Å². The number of alkyl carbamates (subject to hydrolysis) is 1. The average molecular weight is 639 g/mol. The van der Waals surface area contributed by atoms with Gasteiger partial charge in [-0.05, 0) is 56.1 Å². The number of aromatic nitrogens is 2. The fourth-order valence-corrected chi connectivity index (χ4v) is 5.41.